The van der Waals surface area contributed by atoms with Crippen LogP contribution in [0.1, 0.15) is 22.8 Å². The Balaban J connectivity index is 1.59. The molecule has 28 heavy (non-hydrogen) atoms. The van der Waals surface area contributed by atoms with E-state index < -0.39 is 0 Å². The number of anilines is 3. The second-order valence-electron chi connectivity index (χ2n) is 6.13. The molecule has 0 saturated carbocycles. The van der Waals surface area contributed by atoms with E-state index in [0.717, 1.165) is 5.56 Å². The van der Waals surface area contributed by atoms with E-state index in [9.17, 15) is 9.59 Å². The van der Waals surface area contributed by atoms with Crippen LogP contribution < -0.4 is 16.0 Å². The zero-order chi connectivity index (χ0) is 19.9. The number of nitrogens with zero attached hydrogens (tertiary/aromatic N) is 1. The van der Waals surface area contributed by atoms with Gasteiger partial charge in [-0.25, -0.2) is 4.98 Å². The Kier molecular flexibility index (Phi) is 6.24. The Labute approximate surface area is 168 Å². The highest BCUT2D eigenvalue weighted by Gasteiger charge is 2.08. The fraction of sp³-hybridized carbons (Fsp3) is 0.0952. The van der Waals surface area contributed by atoms with Gasteiger partial charge in [0.2, 0.25) is 5.91 Å². The number of pyridine rings is 1. The molecule has 0 fully saturated rings. The molecule has 0 radical (unpaired) electrons. The lowest BCUT2D eigenvalue weighted by atomic mass is 10.2. The van der Waals surface area contributed by atoms with Crippen LogP contribution in [0.4, 0.5) is 17.2 Å². The molecule has 7 heteroatoms. The van der Waals surface area contributed by atoms with E-state index in [-0.39, 0.29) is 11.8 Å². The number of aromatic nitrogens is 1. The average Bonchev–Trinajstić information content (AvgIpc) is 2.68. The number of hydrogen-bond donors (Lipinski definition) is 3. The molecule has 3 aromatic rings. The summed E-state index contributed by atoms with van der Waals surface area (Å²) in [5.74, 6) is 0.213. The normalized spacial score (nSPS) is 10.2. The van der Waals surface area contributed by atoms with Gasteiger partial charge < -0.3 is 16.0 Å². The van der Waals surface area contributed by atoms with Crippen molar-refractivity contribution < 1.29 is 9.59 Å². The Bertz CT molecular complexity index is 972. The molecule has 142 valence electrons. The second-order valence-corrected chi connectivity index (χ2v) is 6.56. The number of halogens is 1. The highest BCUT2D eigenvalue weighted by atomic mass is 35.5. The lowest BCUT2D eigenvalue weighted by molar-refractivity contribution is -0.114. The van der Waals surface area contributed by atoms with Crippen LogP contribution >= 0.6 is 11.6 Å². The molecule has 0 aliphatic rings. The van der Waals surface area contributed by atoms with E-state index >= 15 is 0 Å². The SMILES string of the molecule is CC(=O)Nc1cccc(NC(=O)c2ccc(NCc3ccc(Cl)cc3)nc2)c1. The molecule has 0 aliphatic heterocycles. The van der Waals surface area contributed by atoms with E-state index in [4.69, 9.17) is 11.6 Å². The van der Waals surface area contributed by atoms with Crippen molar-refractivity contribution >= 4 is 40.6 Å². The van der Waals surface area contributed by atoms with Crippen molar-refractivity contribution in [2.45, 2.75) is 13.5 Å². The van der Waals surface area contributed by atoms with Crippen LogP contribution in [0.25, 0.3) is 0 Å². The summed E-state index contributed by atoms with van der Waals surface area (Å²) in [5, 5.41) is 9.36. The summed E-state index contributed by atoms with van der Waals surface area (Å²) in [6, 6.07) is 17.9. The van der Waals surface area contributed by atoms with Crippen LogP contribution in [0.3, 0.4) is 0 Å². The predicted octanol–water partition coefficient (Wildman–Crippen LogP) is 4.56. The van der Waals surface area contributed by atoms with Gasteiger partial charge in [-0.3, -0.25) is 9.59 Å². The molecule has 2 aromatic carbocycles. The molecule has 3 rings (SSSR count). The highest BCUT2D eigenvalue weighted by Crippen LogP contribution is 2.17. The molecule has 0 atom stereocenters. The summed E-state index contributed by atoms with van der Waals surface area (Å²) in [6.45, 7) is 2.03. The molecule has 1 aromatic heterocycles. The predicted molar refractivity (Wildman–Crippen MR) is 112 cm³/mol. The van der Waals surface area contributed by atoms with Crippen molar-refractivity contribution in [3.63, 3.8) is 0 Å². The highest BCUT2D eigenvalue weighted by molar-refractivity contribution is 6.30. The number of benzene rings is 2. The number of rotatable bonds is 6. The monoisotopic (exact) mass is 394 g/mol. The molecular formula is C21H19ClN4O2. The van der Waals surface area contributed by atoms with Gasteiger partial charge in [-0.15, -0.1) is 0 Å². The molecule has 2 amide bonds. The van der Waals surface area contributed by atoms with Crippen molar-refractivity contribution in [3.05, 3.63) is 83.0 Å². The van der Waals surface area contributed by atoms with Crippen molar-refractivity contribution in [1.82, 2.24) is 4.98 Å². The molecule has 1 heterocycles. The number of carbonyl (C=O) groups excluding carboxylic acids is 2. The topological polar surface area (TPSA) is 83.1 Å². The minimum atomic E-state index is -0.281. The Morgan fingerprint density at radius 3 is 2.32 bits per heavy atom. The van der Waals surface area contributed by atoms with E-state index in [1.165, 1.54) is 13.1 Å². The summed E-state index contributed by atoms with van der Waals surface area (Å²) < 4.78 is 0. The third-order valence-corrected chi connectivity index (χ3v) is 4.11. The van der Waals surface area contributed by atoms with Crippen molar-refractivity contribution in [2.24, 2.45) is 0 Å². The average molecular weight is 395 g/mol. The third kappa shape index (κ3) is 5.56. The number of carbonyl (C=O) groups is 2. The van der Waals surface area contributed by atoms with Crippen molar-refractivity contribution in [3.8, 4) is 0 Å². The van der Waals surface area contributed by atoms with Gasteiger partial charge in [-0.2, -0.15) is 0 Å². The summed E-state index contributed by atoms with van der Waals surface area (Å²) in [7, 11) is 0. The second kappa shape index (κ2) is 9.01. The fourth-order valence-electron chi connectivity index (χ4n) is 2.51. The zero-order valence-corrected chi connectivity index (χ0v) is 16.0. The Hall–Kier alpha value is -3.38. The lowest BCUT2D eigenvalue weighted by Crippen LogP contribution is -2.13. The van der Waals surface area contributed by atoms with Crippen LogP contribution in [0.5, 0.6) is 0 Å². The van der Waals surface area contributed by atoms with Gasteiger partial charge >= 0.3 is 0 Å². The zero-order valence-electron chi connectivity index (χ0n) is 15.2. The van der Waals surface area contributed by atoms with Gasteiger partial charge in [0.1, 0.15) is 5.82 Å². The molecule has 0 bridgehead atoms. The maximum Gasteiger partial charge on any atom is 0.257 e. The first-order chi connectivity index (χ1) is 13.5. The van der Waals surface area contributed by atoms with Crippen LogP contribution in [-0.2, 0) is 11.3 Å². The van der Waals surface area contributed by atoms with E-state index in [0.29, 0.717) is 34.3 Å². The first-order valence-electron chi connectivity index (χ1n) is 8.63. The van der Waals surface area contributed by atoms with Gasteiger partial charge in [-0.1, -0.05) is 29.8 Å². The quantitative estimate of drug-likeness (QED) is 0.572. The number of amides is 2. The van der Waals surface area contributed by atoms with Crippen LogP contribution in [0.15, 0.2) is 66.9 Å². The number of hydrogen-bond acceptors (Lipinski definition) is 4. The van der Waals surface area contributed by atoms with Crippen molar-refractivity contribution in [1.29, 1.82) is 0 Å². The maximum atomic E-state index is 12.4. The van der Waals surface area contributed by atoms with Crippen LogP contribution in [0.2, 0.25) is 5.02 Å². The van der Waals surface area contributed by atoms with Gasteiger partial charge in [0.05, 0.1) is 5.56 Å². The molecule has 0 spiro atoms. The largest absolute Gasteiger partial charge is 0.366 e. The number of nitrogens with one attached hydrogen (secondary N) is 3. The van der Waals surface area contributed by atoms with E-state index in [1.807, 2.05) is 24.3 Å². The maximum absolute atomic E-state index is 12.4. The summed E-state index contributed by atoms with van der Waals surface area (Å²) >= 11 is 5.88. The molecule has 6 nitrogen and oxygen atoms in total. The van der Waals surface area contributed by atoms with Crippen LogP contribution in [-0.4, -0.2) is 16.8 Å². The van der Waals surface area contributed by atoms with Gasteiger partial charge in [0, 0.05) is 36.1 Å². The van der Waals surface area contributed by atoms with Crippen molar-refractivity contribution in [2.75, 3.05) is 16.0 Å². The Morgan fingerprint density at radius 1 is 0.964 bits per heavy atom. The Morgan fingerprint density at radius 2 is 1.68 bits per heavy atom. The third-order valence-electron chi connectivity index (χ3n) is 3.85. The molecule has 0 saturated heterocycles. The lowest BCUT2D eigenvalue weighted by Gasteiger charge is -2.09. The van der Waals surface area contributed by atoms with Gasteiger partial charge in [0.25, 0.3) is 5.91 Å². The van der Waals surface area contributed by atoms with Crippen LogP contribution in [0, 0.1) is 0 Å². The van der Waals surface area contributed by atoms with Gasteiger partial charge in [0.15, 0.2) is 0 Å². The molecule has 3 N–H and O–H groups in total. The van der Waals surface area contributed by atoms with E-state index in [1.54, 1.807) is 36.4 Å². The summed E-state index contributed by atoms with van der Waals surface area (Å²) in [4.78, 5) is 27.8. The first kappa shape index (κ1) is 19.4. The molecule has 0 aliphatic carbocycles. The summed E-state index contributed by atoms with van der Waals surface area (Å²) in [6.07, 6.45) is 1.51. The van der Waals surface area contributed by atoms with Gasteiger partial charge in [-0.05, 0) is 48.0 Å². The molecule has 0 unspecified atom stereocenters. The summed E-state index contributed by atoms with van der Waals surface area (Å²) in [5.41, 5.74) is 2.71. The first-order valence-corrected chi connectivity index (χ1v) is 9.01. The minimum absolute atomic E-state index is 0.172. The minimum Gasteiger partial charge on any atom is -0.366 e. The fourth-order valence-corrected chi connectivity index (χ4v) is 2.63. The standard InChI is InChI=1S/C21H19ClN4O2/c1-14(27)25-18-3-2-4-19(11-18)26-21(28)16-7-10-20(24-13-16)23-12-15-5-8-17(22)9-6-15/h2-11,13H,12H2,1H3,(H,23,24)(H,25,27)(H,26,28). The molecular weight excluding hydrogens is 376 g/mol. The smallest absolute Gasteiger partial charge is 0.257 e. The van der Waals surface area contributed by atoms with E-state index in [2.05, 4.69) is 20.9 Å².